The Morgan fingerprint density at radius 3 is 1.33 bits per heavy atom. The molecule has 0 heterocycles. The second-order valence-electron chi connectivity index (χ2n) is 9.18. The van der Waals surface area contributed by atoms with Crippen molar-refractivity contribution < 1.29 is 49.1 Å². The number of hydrogen-bond donors (Lipinski definition) is 4. The molecule has 4 rings (SSSR count). The number of carboxylic acid groups (broad SMARTS) is 4. The number of allylic oxidation sites excluding steroid dienone is 4. The highest BCUT2D eigenvalue weighted by Gasteiger charge is 2.41. The van der Waals surface area contributed by atoms with Gasteiger partial charge < -0.3 is 29.9 Å². The van der Waals surface area contributed by atoms with E-state index in [1.807, 2.05) is 0 Å². The van der Waals surface area contributed by atoms with E-state index in [4.69, 9.17) is 32.7 Å². The molecule has 2 aromatic carbocycles. The zero-order valence-corrected chi connectivity index (χ0v) is 23.0. The molecule has 0 saturated carbocycles. The van der Waals surface area contributed by atoms with E-state index in [2.05, 4.69) is 0 Å². The van der Waals surface area contributed by atoms with Gasteiger partial charge in [-0.2, -0.15) is 0 Å². The van der Waals surface area contributed by atoms with E-state index in [9.17, 15) is 39.6 Å². The summed E-state index contributed by atoms with van der Waals surface area (Å²) in [7, 11) is 0. The third-order valence-corrected chi connectivity index (χ3v) is 6.96. The topological polar surface area (TPSA) is 168 Å². The molecule has 0 aromatic heterocycles. The van der Waals surface area contributed by atoms with Crippen molar-refractivity contribution in [1.29, 1.82) is 0 Å². The Labute approximate surface area is 248 Å². The minimum absolute atomic E-state index is 0.0986. The van der Waals surface area contributed by atoms with Crippen LogP contribution in [-0.2, 0) is 9.59 Å². The predicted octanol–water partition coefficient (Wildman–Crippen LogP) is 5.71. The Morgan fingerprint density at radius 2 is 1.05 bits per heavy atom. The van der Waals surface area contributed by atoms with Crippen molar-refractivity contribution in [2.24, 2.45) is 0 Å². The molecule has 12 heteroatoms. The first kappa shape index (κ1) is 30.2. The second kappa shape index (κ2) is 12.0. The number of benzene rings is 2. The molecule has 0 radical (unpaired) electrons. The molecule has 2 aliphatic rings. The van der Waals surface area contributed by atoms with Crippen LogP contribution in [0.4, 0.5) is 0 Å². The Hall–Kier alpha value is -4.80. The summed E-state index contributed by atoms with van der Waals surface area (Å²) in [5.41, 5.74) is -5.55. The van der Waals surface area contributed by atoms with Gasteiger partial charge in [0.15, 0.2) is 0 Å². The second-order valence-corrected chi connectivity index (χ2v) is 10.1. The Kier molecular flexibility index (Phi) is 8.60. The minimum atomic E-state index is -1.92. The van der Waals surface area contributed by atoms with Gasteiger partial charge in [-0.1, -0.05) is 83.9 Å². The first-order valence-electron chi connectivity index (χ1n) is 12.2. The average Bonchev–Trinajstić information content (AvgIpc) is 2.93. The molecule has 4 N–H and O–H groups in total. The predicted molar refractivity (Wildman–Crippen MR) is 152 cm³/mol. The van der Waals surface area contributed by atoms with Gasteiger partial charge in [0.2, 0.25) is 11.2 Å². The fourth-order valence-electron chi connectivity index (χ4n) is 4.59. The average molecular weight is 613 g/mol. The van der Waals surface area contributed by atoms with Crippen LogP contribution in [0.1, 0.15) is 44.7 Å². The normalized spacial score (nSPS) is 20.5. The third kappa shape index (κ3) is 5.67. The monoisotopic (exact) mass is 612 g/mol. The van der Waals surface area contributed by atoms with Crippen LogP contribution < -0.4 is 9.47 Å². The zero-order chi connectivity index (χ0) is 30.7. The zero-order valence-electron chi connectivity index (χ0n) is 21.5. The van der Waals surface area contributed by atoms with Gasteiger partial charge >= 0.3 is 23.9 Å². The number of aliphatic carboxylic acids is 2. The lowest BCUT2D eigenvalue weighted by Gasteiger charge is -2.29. The molecule has 0 amide bonds. The van der Waals surface area contributed by atoms with Crippen molar-refractivity contribution >= 4 is 52.7 Å². The molecule has 0 bridgehead atoms. The highest BCUT2D eigenvalue weighted by molar-refractivity contribution is 6.59. The smallest absolute Gasteiger partial charge is 0.352 e. The molecular formula is C30H22Cl2O10. The quantitative estimate of drug-likeness (QED) is 0.260. The molecule has 42 heavy (non-hydrogen) atoms. The number of ether oxygens (including phenoxy) is 2. The highest BCUT2D eigenvalue weighted by Crippen LogP contribution is 2.42. The van der Waals surface area contributed by atoms with Gasteiger partial charge in [0.25, 0.3) is 0 Å². The molecule has 0 spiro atoms. The maximum Gasteiger partial charge on any atom is 0.352 e. The fourth-order valence-corrected chi connectivity index (χ4v) is 5.00. The van der Waals surface area contributed by atoms with Gasteiger partial charge in [0, 0.05) is 29.5 Å². The summed E-state index contributed by atoms with van der Waals surface area (Å²) in [6, 6.07) is 7.83. The van der Waals surface area contributed by atoms with Crippen LogP contribution in [0.15, 0.2) is 89.5 Å². The van der Waals surface area contributed by atoms with E-state index in [-0.39, 0.29) is 41.0 Å². The number of rotatable bonds is 10. The molecule has 10 nitrogen and oxygen atoms in total. The van der Waals surface area contributed by atoms with Gasteiger partial charge in [0.1, 0.15) is 27.1 Å². The number of carbonyl (C=O) groups is 4. The molecular weight excluding hydrogens is 591 g/mol. The summed E-state index contributed by atoms with van der Waals surface area (Å²) in [4.78, 5) is 49.5. The molecule has 0 saturated heterocycles. The van der Waals surface area contributed by atoms with Gasteiger partial charge in [-0.15, -0.1) is 0 Å². The summed E-state index contributed by atoms with van der Waals surface area (Å²) < 4.78 is 11.1. The molecule has 2 unspecified atom stereocenters. The van der Waals surface area contributed by atoms with Crippen LogP contribution in [0.25, 0.3) is 5.57 Å². The van der Waals surface area contributed by atoms with Crippen molar-refractivity contribution in [3.63, 3.8) is 0 Å². The van der Waals surface area contributed by atoms with Crippen LogP contribution in [0, 0.1) is 0 Å². The van der Waals surface area contributed by atoms with E-state index in [0.717, 1.165) is 0 Å². The van der Waals surface area contributed by atoms with Crippen LogP contribution >= 0.6 is 23.2 Å². The van der Waals surface area contributed by atoms with E-state index in [1.54, 1.807) is 24.3 Å². The van der Waals surface area contributed by atoms with E-state index < -0.39 is 50.7 Å². The summed E-state index contributed by atoms with van der Waals surface area (Å²) in [6.07, 6.45) is 11.6. The van der Waals surface area contributed by atoms with Crippen molar-refractivity contribution in [2.75, 3.05) is 0 Å². The van der Waals surface area contributed by atoms with Gasteiger partial charge in [-0.25, -0.2) is 19.2 Å². The highest BCUT2D eigenvalue weighted by atomic mass is 35.5. The van der Waals surface area contributed by atoms with Crippen molar-refractivity contribution in [1.82, 2.24) is 0 Å². The molecule has 2 aromatic rings. The largest absolute Gasteiger partial charge is 0.478 e. The van der Waals surface area contributed by atoms with Crippen LogP contribution in [0.3, 0.4) is 0 Å². The summed E-state index contributed by atoms with van der Waals surface area (Å²) in [5.74, 6) is -6.51. The van der Waals surface area contributed by atoms with Gasteiger partial charge in [0.05, 0.1) is 0 Å². The summed E-state index contributed by atoms with van der Waals surface area (Å²) >= 11 is 12.5. The lowest BCUT2D eigenvalue weighted by atomic mass is 9.90. The third-order valence-electron chi connectivity index (χ3n) is 6.58. The minimum Gasteiger partial charge on any atom is -0.478 e. The van der Waals surface area contributed by atoms with E-state index in [0.29, 0.717) is 0 Å². The maximum atomic E-state index is 12.6. The standard InChI is InChI=1S/C30H22Cl2O10/c31-24(32)21(17-9-7-11-19(22(17)25(33)34)41-29(27(37)38)13-3-1-4-14-29)18-10-8-12-20(23(18)26(35)36)42-30(28(39)40)15-5-2-6-16-30/h1-13,15H,14,16H2,(H,33,34)(H,35,36)(H,37,38)(H,39,40). The lowest BCUT2D eigenvalue weighted by Crippen LogP contribution is -2.43. The Morgan fingerprint density at radius 1 is 0.643 bits per heavy atom. The maximum absolute atomic E-state index is 12.6. The van der Waals surface area contributed by atoms with Crippen molar-refractivity contribution in [3.8, 4) is 11.5 Å². The number of hydrogen-bond acceptors (Lipinski definition) is 6. The fraction of sp³-hybridized carbons (Fsp3) is 0.133. The van der Waals surface area contributed by atoms with Crippen LogP contribution in [-0.4, -0.2) is 55.5 Å². The SMILES string of the molecule is O=C(O)c1c(OC2(C(=O)O)C=CC=CC2)cccc1C(=C(Cl)Cl)c1cccc(OC2(C(=O)O)C=CC=CC2)c1C(=O)O. The molecule has 2 aliphatic carbocycles. The van der Waals surface area contributed by atoms with E-state index >= 15 is 0 Å². The van der Waals surface area contributed by atoms with Crippen LogP contribution in [0.5, 0.6) is 11.5 Å². The first-order valence-corrected chi connectivity index (χ1v) is 13.0. The number of aromatic carboxylic acids is 2. The Balaban J connectivity index is 1.92. The van der Waals surface area contributed by atoms with Crippen molar-refractivity contribution in [3.05, 3.63) is 112 Å². The number of carboxylic acids is 4. The van der Waals surface area contributed by atoms with Crippen molar-refractivity contribution in [2.45, 2.75) is 24.0 Å². The lowest BCUT2D eigenvalue weighted by molar-refractivity contribution is -0.151. The molecule has 2 atom stereocenters. The summed E-state index contributed by atoms with van der Waals surface area (Å²) in [5, 5.41) is 40.3. The van der Waals surface area contributed by atoms with Crippen LogP contribution in [0.2, 0.25) is 0 Å². The van der Waals surface area contributed by atoms with E-state index in [1.165, 1.54) is 60.7 Å². The van der Waals surface area contributed by atoms with Gasteiger partial charge in [-0.05, 0) is 24.3 Å². The summed E-state index contributed by atoms with van der Waals surface area (Å²) in [6.45, 7) is 0. The molecule has 216 valence electrons. The molecule has 0 fully saturated rings. The molecule has 0 aliphatic heterocycles. The number of halogens is 2. The van der Waals surface area contributed by atoms with Gasteiger partial charge in [-0.3, -0.25) is 0 Å². The Bertz CT molecular complexity index is 1520. The first-order chi connectivity index (χ1) is 19.9.